The second kappa shape index (κ2) is 6.56. The van der Waals surface area contributed by atoms with Gasteiger partial charge in [0.15, 0.2) is 5.41 Å². The van der Waals surface area contributed by atoms with Gasteiger partial charge in [-0.15, -0.1) is 0 Å². The number of esters is 1. The Bertz CT molecular complexity index is 523. The Hall–Kier alpha value is -2.33. The molecule has 0 bridgehead atoms. The quantitative estimate of drug-likeness (QED) is 0.759. The molecule has 0 fully saturated rings. The van der Waals surface area contributed by atoms with Gasteiger partial charge in [-0.25, -0.2) is 4.79 Å². The number of nitrogens with zero attached hydrogens (tertiary/aromatic N) is 2. The highest BCUT2D eigenvalue weighted by Gasteiger charge is 2.41. The van der Waals surface area contributed by atoms with Crippen LogP contribution in [0, 0.1) is 29.6 Å². The second-order valence-corrected chi connectivity index (χ2v) is 4.26. The molecule has 98 valence electrons. The Morgan fingerprint density at radius 3 is 2.42 bits per heavy atom. The number of hydrogen-bond acceptors (Lipinski definition) is 4. The zero-order valence-corrected chi connectivity index (χ0v) is 11.1. The summed E-state index contributed by atoms with van der Waals surface area (Å²) in [4.78, 5) is 12.1. The first-order valence-electron chi connectivity index (χ1n) is 6.13. The molecule has 1 atom stereocenters. The van der Waals surface area contributed by atoms with Gasteiger partial charge in [0.05, 0.1) is 18.7 Å². The number of aryl methyl sites for hydroxylation is 1. The van der Waals surface area contributed by atoms with Crippen molar-refractivity contribution >= 4 is 5.97 Å². The van der Waals surface area contributed by atoms with Gasteiger partial charge >= 0.3 is 5.97 Å². The first kappa shape index (κ1) is 14.7. The molecule has 1 aromatic carbocycles. The fourth-order valence-corrected chi connectivity index (χ4v) is 1.87. The maximum Gasteiger partial charge on any atom is 0.331 e. The molecule has 0 aromatic heterocycles. The SMILES string of the molecule is CCOC(=O)[C@](C#N)(CCC#N)c1ccc(C)cc1. The Morgan fingerprint density at radius 1 is 1.32 bits per heavy atom. The van der Waals surface area contributed by atoms with Crippen molar-refractivity contribution in [2.75, 3.05) is 6.61 Å². The maximum atomic E-state index is 12.1. The molecule has 4 heteroatoms. The van der Waals surface area contributed by atoms with E-state index in [4.69, 9.17) is 10.00 Å². The van der Waals surface area contributed by atoms with Gasteiger partial charge in [0.2, 0.25) is 0 Å². The highest BCUT2D eigenvalue weighted by molar-refractivity contribution is 5.86. The van der Waals surface area contributed by atoms with Crippen molar-refractivity contribution < 1.29 is 9.53 Å². The molecule has 0 spiro atoms. The molecule has 0 radical (unpaired) electrons. The van der Waals surface area contributed by atoms with Crippen LogP contribution in [0.3, 0.4) is 0 Å². The molecule has 0 aliphatic rings. The molecule has 4 nitrogen and oxygen atoms in total. The fourth-order valence-electron chi connectivity index (χ4n) is 1.87. The van der Waals surface area contributed by atoms with E-state index in [9.17, 15) is 10.1 Å². The van der Waals surface area contributed by atoms with E-state index in [1.165, 1.54) is 0 Å². The van der Waals surface area contributed by atoms with Gasteiger partial charge in [0, 0.05) is 6.42 Å². The van der Waals surface area contributed by atoms with Crippen LogP contribution in [0.1, 0.15) is 30.9 Å². The smallest absolute Gasteiger partial charge is 0.331 e. The van der Waals surface area contributed by atoms with Gasteiger partial charge in [-0.05, 0) is 25.8 Å². The van der Waals surface area contributed by atoms with Crippen molar-refractivity contribution in [3.8, 4) is 12.1 Å². The molecular weight excluding hydrogens is 240 g/mol. The number of nitriles is 2. The van der Waals surface area contributed by atoms with Crippen molar-refractivity contribution in [3.05, 3.63) is 35.4 Å². The monoisotopic (exact) mass is 256 g/mol. The average Bonchev–Trinajstić information content (AvgIpc) is 2.42. The number of benzene rings is 1. The molecular formula is C15H16N2O2. The third kappa shape index (κ3) is 3.11. The van der Waals surface area contributed by atoms with Crippen LogP contribution in [-0.2, 0) is 14.9 Å². The Labute approximate surface area is 113 Å². The van der Waals surface area contributed by atoms with E-state index in [1.807, 2.05) is 31.2 Å². The van der Waals surface area contributed by atoms with E-state index in [1.54, 1.807) is 19.1 Å². The van der Waals surface area contributed by atoms with Gasteiger partial charge in [-0.1, -0.05) is 29.8 Å². The number of ether oxygens (including phenoxy) is 1. The summed E-state index contributed by atoms with van der Waals surface area (Å²) in [6.07, 6.45) is 0.266. The minimum Gasteiger partial charge on any atom is -0.465 e. The van der Waals surface area contributed by atoms with Crippen molar-refractivity contribution in [3.63, 3.8) is 0 Å². The molecule has 0 saturated carbocycles. The fraction of sp³-hybridized carbons (Fsp3) is 0.400. The molecule has 0 aliphatic carbocycles. The van der Waals surface area contributed by atoms with Gasteiger partial charge in [-0.3, -0.25) is 0 Å². The minimum absolute atomic E-state index is 0.125. The van der Waals surface area contributed by atoms with Crippen LogP contribution in [0.15, 0.2) is 24.3 Å². The van der Waals surface area contributed by atoms with Crippen LogP contribution >= 0.6 is 0 Å². The largest absolute Gasteiger partial charge is 0.465 e. The third-order valence-corrected chi connectivity index (χ3v) is 2.97. The van der Waals surface area contributed by atoms with Gasteiger partial charge in [-0.2, -0.15) is 10.5 Å². The lowest BCUT2D eigenvalue weighted by molar-refractivity contribution is -0.148. The summed E-state index contributed by atoms with van der Waals surface area (Å²) in [5, 5.41) is 18.2. The number of carbonyl (C=O) groups excluding carboxylic acids is 1. The van der Waals surface area contributed by atoms with E-state index >= 15 is 0 Å². The van der Waals surface area contributed by atoms with Crippen LogP contribution in [0.2, 0.25) is 0 Å². The summed E-state index contributed by atoms with van der Waals surface area (Å²) < 4.78 is 5.01. The number of hydrogen-bond donors (Lipinski definition) is 0. The highest BCUT2D eigenvalue weighted by atomic mass is 16.5. The normalized spacial score (nSPS) is 12.8. The first-order chi connectivity index (χ1) is 9.10. The van der Waals surface area contributed by atoms with Crippen LogP contribution in [0.5, 0.6) is 0 Å². The Kier molecular flexibility index (Phi) is 5.09. The Morgan fingerprint density at radius 2 is 1.95 bits per heavy atom. The van der Waals surface area contributed by atoms with E-state index in [2.05, 4.69) is 0 Å². The number of carbonyl (C=O) groups is 1. The zero-order valence-electron chi connectivity index (χ0n) is 11.1. The van der Waals surface area contributed by atoms with Crippen molar-refractivity contribution in [2.24, 2.45) is 0 Å². The van der Waals surface area contributed by atoms with Crippen molar-refractivity contribution in [1.29, 1.82) is 10.5 Å². The van der Waals surface area contributed by atoms with Crippen molar-refractivity contribution in [2.45, 2.75) is 32.1 Å². The lowest BCUT2D eigenvalue weighted by Crippen LogP contribution is -2.36. The predicted molar refractivity (Wildman–Crippen MR) is 70.0 cm³/mol. The Balaban J connectivity index is 3.24. The molecule has 0 unspecified atom stereocenters. The summed E-state index contributed by atoms with van der Waals surface area (Å²) in [7, 11) is 0. The van der Waals surface area contributed by atoms with Gasteiger partial charge in [0.25, 0.3) is 0 Å². The molecule has 1 rings (SSSR count). The van der Waals surface area contributed by atoms with Crippen molar-refractivity contribution in [1.82, 2.24) is 0 Å². The average molecular weight is 256 g/mol. The summed E-state index contributed by atoms with van der Waals surface area (Å²) in [6.45, 7) is 3.83. The molecule has 19 heavy (non-hydrogen) atoms. The topological polar surface area (TPSA) is 73.9 Å². The standard InChI is InChI=1S/C15H16N2O2/c1-3-19-14(18)15(11-17,9-4-10-16)13-7-5-12(2)6-8-13/h5-8H,3-4,9H2,1-2H3/t15-/m0/s1. The van der Waals surface area contributed by atoms with E-state index < -0.39 is 11.4 Å². The molecule has 0 amide bonds. The van der Waals surface area contributed by atoms with E-state index in [-0.39, 0.29) is 19.4 Å². The zero-order chi connectivity index (χ0) is 14.3. The first-order valence-corrected chi connectivity index (χ1v) is 6.13. The van der Waals surface area contributed by atoms with Gasteiger partial charge < -0.3 is 4.74 Å². The predicted octanol–water partition coefficient (Wildman–Crippen LogP) is 2.62. The minimum atomic E-state index is -1.39. The van der Waals surface area contributed by atoms with Crippen LogP contribution in [-0.4, -0.2) is 12.6 Å². The van der Waals surface area contributed by atoms with Crippen LogP contribution in [0.25, 0.3) is 0 Å². The lowest BCUT2D eigenvalue weighted by Gasteiger charge is -2.24. The summed E-state index contributed by atoms with van der Waals surface area (Å²) in [5.74, 6) is -0.586. The molecule has 0 saturated heterocycles. The van der Waals surface area contributed by atoms with Gasteiger partial charge in [0.1, 0.15) is 0 Å². The van der Waals surface area contributed by atoms with E-state index in [0.717, 1.165) is 5.56 Å². The summed E-state index contributed by atoms with van der Waals surface area (Å²) >= 11 is 0. The molecule has 1 aromatic rings. The number of rotatable bonds is 5. The molecule has 0 N–H and O–H groups in total. The van der Waals surface area contributed by atoms with Crippen LogP contribution in [0.4, 0.5) is 0 Å². The molecule has 0 heterocycles. The lowest BCUT2D eigenvalue weighted by atomic mass is 9.78. The summed E-state index contributed by atoms with van der Waals surface area (Å²) in [5.41, 5.74) is 0.230. The molecule has 0 aliphatic heterocycles. The van der Waals surface area contributed by atoms with Crippen LogP contribution < -0.4 is 0 Å². The summed E-state index contributed by atoms with van der Waals surface area (Å²) in [6, 6.07) is 11.2. The van der Waals surface area contributed by atoms with E-state index in [0.29, 0.717) is 5.56 Å². The highest BCUT2D eigenvalue weighted by Crippen LogP contribution is 2.30. The maximum absolute atomic E-state index is 12.1. The third-order valence-electron chi connectivity index (χ3n) is 2.97. The second-order valence-electron chi connectivity index (χ2n) is 4.26.